The van der Waals surface area contributed by atoms with E-state index < -0.39 is 0 Å². The zero-order chi connectivity index (χ0) is 10.3. The SMILES string of the molecule is CCC(C)C(C)C1CCCC2C(C)C12. The van der Waals surface area contributed by atoms with Crippen molar-refractivity contribution in [2.24, 2.45) is 35.5 Å². The van der Waals surface area contributed by atoms with Crippen molar-refractivity contribution in [1.82, 2.24) is 0 Å². The zero-order valence-corrected chi connectivity index (χ0v) is 10.3. The lowest BCUT2D eigenvalue weighted by Crippen LogP contribution is -2.23. The Hall–Kier alpha value is 0. The van der Waals surface area contributed by atoms with E-state index in [-0.39, 0.29) is 0 Å². The molecule has 0 spiro atoms. The third kappa shape index (κ3) is 1.61. The molecule has 0 aliphatic heterocycles. The van der Waals surface area contributed by atoms with Crippen LogP contribution in [0.15, 0.2) is 0 Å². The van der Waals surface area contributed by atoms with Crippen molar-refractivity contribution in [3.05, 3.63) is 0 Å². The third-order valence-electron chi connectivity index (χ3n) is 5.42. The van der Waals surface area contributed by atoms with Crippen LogP contribution in [0.3, 0.4) is 0 Å². The fourth-order valence-electron chi connectivity index (χ4n) is 3.93. The molecule has 2 rings (SSSR count). The van der Waals surface area contributed by atoms with Crippen molar-refractivity contribution >= 4 is 0 Å². The van der Waals surface area contributed by atoms with Gasteiger partial charge in [0.25, 0.3) is 0 Å². The maximum atomic E-state index is 2.51. The maximum absolute atomic E-state index is 2.51. The molecule has 0 aromatic heterocycles. The van der Waals surface area contributed by atoms with Crippen molar-refractivity contribution in [2.75, 3.05) is 0 Å². The molecule has 0 heteroatoms. The second kappa shape index (κ2) is 3.87. The van der Waals surface area contributed by atoms with Crippen LogP contribution in [-0.4, -0.2) is 0 Å². The van der Waals surface area contributed by atoms with Crippen LogP contribution in [0.25, 0.3) is 0 Å². The second-order valence-corrected chi connectivity index (χ2v) is 5.94. The monoisotopic (exact) mass is 194 g/mol. The highest BCUT2D eigenvalue weighted by molar-refractivity contribution is 5.02. The second-order valence-electron chi connectivity index (χ2n) is 5.94. The van der Waals surface area contributed by atoms with Gasteiger partial charge in [0.05, 0.1) is 0 Å². The smallest absolute Gasteiger partial charge is 0.0324 e. The van der Waals surface area contributed by atoms with Crippen molar-refractivity contribution in [3.8, 4) is 0 Å². The molecule has 6 unspecified atom stereocenters. The predicted octanol–water partition coefficient (Wildman–Crippen LogP) is 4.35. The highest BCUT2D eigenvalue weighted by atomic mass is 14.6. The first-order valence-corrected chi connectivity index (χ1v) is 6.66. The third-order valence-corrected chi connectivity index (χ3v) is 5.42. The van der Waals surface area contributed by atoms with Crippen LogP contribution in [0.4, 0.5) is 0 Å². The fraction of sp³-hybridized carbons (Fsp3) is 1.00. The maximum Gasteiger partial charge on any atom is -0.0324 e. The molecule has 2 aliphatic carbocycles. The Kier molecular flexibility index (Phi) is 2.91. The summed E-state index contributed by atoms with van der Waals surface area (Å²) >= 11 is 0. The van der Waals surface area contributed by atoms with Gasteiger partial charge in [-0.2, -0.15) is 0 Å². The van der Waals surface area contributed by atoms with Gasteiger partial charge in [-0.25, -0.2) is 0 Å². The van der Waals surface area contributed by atoms with Gasteiger partial charge in [0.15, 0.2) is 0 Å². The van der Waals surface area contributed by atoms with E-state index in [4.69, 9.17) is 0 Å². The van der Waals surface area contributed by atoms with E-state index in [1.165, 1.54) is 25.7 Å². The predicted molar refractivity (Wildman–Crippen MR) is 62.1 cm³/mol. The van der Waals surface area contributed by atoms with Crippen LogP contribution in [0, 0.1) is 35.5 Å². The first kappa shape index (κ1) is 10.5. The Labute approximate surface area is 89.5 Å². The number of hydrogen-bond donors (Lipinski definition) is 0. The molecule has 0 N–H and O–H groups in total. The van der Waals surface area contributed by atoms with E-state index in [1.807, 2.05) is 0 Å². The van der Waals surface area contributed by atoms with E-state index in [9.17, 15) is 0 Å². The molecule has 0 radical (unpaired) electrons. The van der Waals surface area contributed by atoms with Crippen LogP contribution >= 0.6 is 0 Å². The summed E-state index contributed by atoms with van der Waals surface area (Å²) in [4.78, 5) is 0. The van der Waals surface area contributed by atoms with Gasteiger partial charge in [-0.3, -0.25) is 0 Å². The van der Waals surface area contributed by atoms with E-state index >= 15 is 0 Å². The van der Waals surface area contributed by atoms with Crippen molar-refractivity contribution in [2.45, 2.75) is 53.4 Å². The Balaban J connectivity index is 1.96. The average Bonchev–Trinajstić information content (AvgIpc) is 2.88. The van der Waals surface area contributed by atoms with E-state index in [1.54, 1.807) is 0 Å². The zero-order valence-electron chi connectivity index (χ0n) is 10.3. The molecule has 6 atom stereocenters. The highest BCUT2D eigenvalue weighted by Crippen LogP contribution is 2.60. The van der Waals surface area contributed by atoms with Gasteiger partial charge >= 0.3 is 0 Å². The van der Waals surface area contributed by atoms with Crippen LogP contribution in [-0.2, 0) is 0 Å². The summed E-state index contributed by atoms with van der Waals surface area (Å²) in [6, 6.07) is 0. The summed E-state index contributed by atoms with van der Waals surface area (Å²) in [6.07, 6.45) is 5.94. The lowest BCUT2D eigenvalue weighted by Gasteiger charge is -2.31. The molecule has 0 aromatic rings. The van der Waals surface area contributed by atoms with Gasteiger partial charge in [-0.05, 0) is 48.3 Å². The Bertz CT molecular complexity index is 196. The van der Waals surface area contributed by atoms with Crippen LogP contribution in [0.1, 0.15) is 53.4 Å². The lowest BCUT2D eigenvalue weighted by atomic mass is 9.74. The Morgan fingerprint density at radius 2 is 1.93 bits per heavy atom. The van der Waals surface area contributed by atoms with Crippen molar-refractivity contribution in [1.29, 1.82) is 0 Å². The van der Waals surface area contributed by atoms with Gasteiger partial charge in [-0.15, -0.1) is 0 Å². The Morgan fingerprint density at radius 1 is 1.21 bits per heavy atom. The van der Waals surface area contributed by atoms with Gasteiger partial charge < -0.3 is 0 Å². The van der Waals surface area contributed by atoms with Crippen LogP contribution in [0.5, 0.6) is 0 Å². The standard InChI is InChI=1S/C14H26/c1-5-9(2)10(3)12-7-6-8-13-11(4)14(12)13/h9-14H,5-8H2,1-4H3. The largest absolute Gasteiger partial charge is 0.0651 e. The van der Waals surface area contributed by atoms with Gasteiger partial charge in [0, 0.05) is 0 Å². The first-order valence-electron chi connectivity index (χ1n) is 6.66. The van der Waals surface area contributed by atoms with Crippen LogP contribution < -0.4 is 0 Å². The molecule has 2 saturated carbocycles. The summed E-state index contributed by atoms with van der Waals surface area (Å²) in [5.41, 5.74) is 0. The van der Waals surface area contributed by atoms with Gasteiger partial charge in [0.1, 0.15) is 0 Å². The molecule has 0 nitrogen and oxygen atoms in total. The summed E-state index contributed by atoms with van der Waals surface area (Å²) < 4.78 is 0. The normalized spacial score (nSPS) is 45.4. The first-order chi connectivity index (χ1) is 6.66. The number of hydrogen-bond acceptors (Lipinski definition) is 0. The van der Waals surface area contributed by atoms with Crippen LogP contribution in [0.2, 0.25) is 0 Å². The minimum atomic E-state index is 0.937. The topological polar surface area (TPSA) is 0 Å². The van der Waals surface area contributed by atoms with Crippen molar-refractivity contribution in [3.63, 3.8) is 0 Å². The lowest BCUT2D eigenvalue weighted by molar-refractivity contribution is 0.183. The molecule has 0 aromatic carbocycles. The van der Waals surface area contributed by atoms with Crippen molar-refractivity contribution < 1.29 is 0 Å². The van der Waals surface area contributed by atoms with E-state index in [0.717, 1.165) is 35.5 Å². The fourth-order valence-corrected chi connectivity index (χ4v) is 3.93. The molecular weight excluding hydrogens is 168 g/mol. The summed E-state index contributed by atoms with van der Waals surface area (Å²) in [5.74, 6) is 6.28. The quantitative estimate of drug-likeness (QED) is 0.626. The Morgan fingerprint density at radius 3 is 2.57 bits per heavy atom. The molecule has 0 saturated heterocycles. The molecule has 0 heterocycles. The van der Waals surface area contributed by atoms with E-state index in [0.29, 0.717) is 0 Å². The molecule has 82 valence electrons. The highest BCUT2D eigenvalue weighted by Gasteiger charge is 2.53. The minimum Gasteiger partial charge on any atom is -0.0651 e. The van der Waals surface area contributed by atoms with Gasteiger partial charge in [-0.1, -0.05) is 40.5 Å². The molecule has 2 aliphatic rings. The minimum absolute atomic E-state index is 0.937. The summed E-state index contributed by atoms with van der Waals surface area (Å²) in [7, 11) is 0. The van der Waals surface area contributed by atoms with Gasteiger partial charge in [0.2, 0.25) is 0 Å². The summed E-state index contributed by atoms with van der Waals surface area (Å²) in [5, 5.41) is 0. The molecule has 0 amide bonds. The molecular formula is C14H26. The number of fused-ring (bicyclic) bond motifs is 1. The molecule has 14 heavy (non-hydrogen) atoms. The average molecular weight is 194 g/mol. The molecule has 0 bridgehead atoms. The molecule has 2 fully saturated rings. The van der Waals surface area contributed by atoms with E-state index in [2.05, 4.69) is 27.7 Å². The summed E-state index contributed by atoms with van der Waals surface area (Å²) in [6.45, 7) is 9.78. The number of rotatable bonds is 3.